The van der Waals surface area contributed by atoms with Crippen LogP contribution in [0.15, 0.2) is 18.2 Å². The molecule has 3 rings (SSSR count). The Morgan fingerprint density at radius 2 is 2.03 bits per heavy atom. The van der Waals surface area contributed by atoms with Gasteiger partial charge in [-0.1, -0.05) is 0 Å². The lowest BCUT2D eigenvalue weighted by Gasteiger charge is -2.53. The molecule has 2 aliphatic heterocycles. The summed E-state index contributed by atoms with van der Waals surface area (Å²) in [7, 11) is 0. The van der Waals surface area contributed by atoms with Crippen molar-refractivity contribution in [2.75, 3.05) is 32.9 Å². The molecule has 166 valence electrons. The number of halogens is 1. The van der Waals surface area contributed by atoms with Crippen molar-refractivity contribution < 1.29 is 33.7 Å². The number of hydrogen-bond donors (Lipinski definition) is 3. The Morgan fingerprint density at radius 1 is 1.33 bits per heavy atom. The Bertz CT molecular complexity index is 796. The quantitative estimate of drug-likeness (QED) is 0.656. The Balaban J connectivity index is 1.66. The number of piperidine rings is 1. The maximum atomic E-state index is 13.6. The summed E-state index contributed by atoms with van der Waals surface area (Å²) in [6.07, 6.45) is 0.283. The summed E-state index contributed by atoms with van der Waals surface area (Å²) >= 11 is 0. The van der Waals surface area contributed by atoms with E-state index in [4.69, 9.17) is 9.47 Å². The zero-order valence-electron chi connectivity index (χ0n) is 17.3. The zero-order chi connectivity index (χ0) is 21.9. The van der Waals surface area contributed by atoms with Crippen LogP contribution in [0.4, 0.5) is 4.39 Å². The van der Waals surface area contributed by atoms with Gasteiger partial charge in [-0.15, -0.1) is 0 Å². The molecule has 30 heavy (non-hydrogen) atoms. The second kappa shape index (κ2) is 8.87. The topological polar surface area (TPSA) is 108 Å². The van der Waals surface area contributed by atoms with Gasteiger partial charge >= 0.3 is 0 Å². The Morgan fingerprint density at radius 3 is 2.67 bits per heavy atom. The first kappa shape index (κ1) is 22.5. The first-order valence-electron chi connectivity index (χ1n) is 10.2. The third-order valence-corrected chi connectivity index (χ3v) is 6.07. The number of rotatable bonds is 5. The molecule has 2 atom stereocenters. The van der Waals surface area contributed by atoms with Gasteiger partial charge in [-0.2, -0.15) is 0 Å². The molecule has 0 bridgehead atoms. The third kappa shape index (κ3) is 4.43. The van der Waals surface area contributed by atoms with E-state index in [9.17, 15) is 24.2 Å². The molecule has 0 aliphatic carbocycles. The number of ether oxygens (including phenoxy) is 2. The summed E-state index contributed by atoms with van der Waals surface area (Å²) in [6, 6.07) is 3.54. The first-order valence-corrected chi connectivity index (χ1v) is 10.2. The number of amides is 2. The van der Waals surface area contributed by atoms with Crippen molar-refractivity contribution in [1.82, 2.24) is 10.2 Å². The van der Waals surface area contributed by atoms with Crippen LogP contribution in [-0.2, 0) is 14.3 Å². The molecule has 1 spiro atoms. The van der Waals surface area contributed by atoms with Gasteiger partial charge in [-0.05, 0) is 51.3 Å². The van der Waals surface area contributed by atoms with Crippen molar-refractivity contribution in [3.8, 4) is 5.75 Å². The number of phenolic OH excluding ortho intramolecular Hbond substituents is 1. The number of phenols is 1. The largest absolute Gasteiger partial charge is 0.505 e. The third-order valence-electron chi connectivity index (χ3n) is 6.07. The van der Waals surface area contributed by atoms with Crippen molar-refractivity contribution in [2.24, 2.45) is 0 Å². The fourth-order valence-electron chi connectivity index (χ4n) is 4.27. The van der Waals surface area contributed by atoms with Crippen molar-refractivity contribution >= 4 is 11.8 Å². The van der Waals surface area contributed by atoms with Gasteiger partial charge in [0.25, 0.3) is 5.91 Å². The van der Waals surface area contributed by atoms with Crippen LogP contribution in [-0.4, -0.2) is 77.1 Å². The second-order valence-electron chi connectivity index (χ2n) is 8.13. The summed E-state index contributed by atoms with van der Waals surface area (Å²) in [6.45, 7) is 4.96. The van der Waals surface area contributed by atoms with Crippen molar-refractivity contribution in [1.29, 1.82) is 0 Å². The van der Waals surface area contributed by atoms with Crippen molar-refractivity contribution in [2.45, 2.75) is 50.4 Å². The summed E-state index contributed by atoms with van der Waals surface area (Å²) < 4.78 is 24.7. The van der Waals surface area contributed by atoms with Gasteiger partial charge in [0.05, 0.1) is 11.1 Å². The summed E-state index contributed by atoms with van der Waals surface area (Å²) in [5.74, 6) is -1.99. The minimum atomic E-state index is -0.951. The van der Waals surface area contributed by atoms with E-state index >= 15 is 0 Å². The molecule has 0 saturated carbocycles. The fourth-order valence-corrected chi connectivity index (χ4v) is 4.27. The lowest BCUT2D eigenvalue weighted by molar-refractivity contribution is -0.206. The monoisotopic (exact) mass is 424 g/mol. The molecule has 2 aliphatic rings. The van der Waals surface area contributed by atoms with Crippen LogP contribution < -0.4 is 5.32 Å². The number of hydrogen-bond acceptors (Lipinski definition) is 6. The molecule has 1 aromatic rings. The number of benzene rings is 1. The number of aliphatic hydroxyl groups excluding tert-OH is 1. The minimum absolute atomic E-state index is 0.0713. The predicted molar refractivity (Wildman–Crippen MR) is 106 cm³/mol. The predicted octanol–water partition coefficient (Wildman–Crippen LogP) is 1.20. The van der Waals surface area contributed by atoms with Crippen molar-refractivity contribution in [3.63, 3.8) is 0 Å². The lowest BCUT2D eigenvalue weighted by Crippen LogP contribution is -2.69. The molecule has 2 fully saturated rings. The maximum absolute atomic E-state index is 13.6. The Kier molecular flexibility index (Phi) is 6.64. The summed E-state index contributed by atoms with van der Waals surface area (Å²) in [5.41, 5.74) is -1.58. The van der Waals surface area contributed by atoms with Crippen LogP contribution in [0.3, 0.4) is 0 Å². The maximum Gasteiger partial charge on any atom is 0.253 e. The van der Waals surface area contributed by atoms with Crippen LogP contribution in [0.1, 0.15) is 43.5 Å². The molecule has 2 amide bonds. The van der Waals surface area contributed by atoms with Gasteiger partial charge in [0.1, 0.15) is 12.7 Å². The molecular weight excluding hydrogens is 395 g/mol. The van der Waals surface area contributed by atoms with E-state index in [1.54, 1.807) is 18.7 Å². The zero-order valence-corrected chi connectivity index (χ0v) is 17.3. The Hall–Kier alpha value is -2.23. The molecule has 8 nitrogen and oxygen atoms in total. The van der Waals surface area contributed by atoms with Crippen molar-refractivity contribution in [3.05, 3.63) is 29.6 Å². The van der Waals surface area contributed by atoms with Gasteiger partial charge in [0.15, 0.2) is 11.6 Å². The second-order valence-corrected chi connectivity index (χ2v) is 8.13. The molecule has 9 heteroatoms. The molecule has 0 aromatic heterocycles. The van der Waals surface area contributed by atoms with E-state index in [1.165, 1.54) is 6.07 Å². The average Bonchev–Trinajstić information content (AvgIpc) is 2.72. The number of carbonyl (C=O) groups is 2. The van der Waals surface area contributed by atoms with Gasteiger partial charge in [-0.3, -0.25) is 9.59 Å². The standard InChI is InChI=1S/C21H29FN2O6/c1-3-29-13-17(26)23-20(2)8-11-30-21(19(20)28)6-9-24(10-7-21)18(27)14-4-5-16(25)15(22)12-14/h4-5,12,19,25,28H,3,6-11,13H2,1-2H3,(H,23,26)/t19-,20+/m0/s1. The first-order chi connectivity index (χ1) is 14.2. The smallest absolute Gasteiger partial charge is 0.253 e. The van der Waals surface area contributed by atoms with E-state index < -0.39 is 28.8 Å². The highest BCUT2D eigenvalue weighted by Gasteiger charge is 2.54. The molecule has 1 aromatic carbocycles. The van der Waals surface area contributed by atoms with Crippen LogP contribution in [0.2, 0.25) is 0 Å². The number of aliphatic hydroxyl groups is 1. The van der Waals surface area contributed by atoms with Gasteiger partial charge in [0.2, 0.25) is 5.91 Å². The summed E-state index contributed by atoms with van der Waals surface area (Å²) in [4.78, 5) is 26.4. The van der Waals surface area contributed by atoms with Crippen LogP contribution in [0.5, 0.6) is 5.75 Å². The molecular formula is C21H29FN2O6. The normalized spacial score (nSPS) is 25.9. The number of aromatic hydroxyl groups is 1. The average molecular weight is 424 g/mol. The van der Waals surface area contributed by atoms with E-state index in [1.807, 2.05) is 0 Å². The number of likely N-dealkylation sites (tertiary alicyclic amines) is 1. The van der Waals surface area contributed by atoms with Gasteiger partial charge < -0.3 is 29.9 Å². The number of carbonyl (C=O) groups excluding carboxylic acids is 2. The SMILES string of the molecule is CCOCC(=O)N[C@]1(C)CCOC2(CCN(C(=O)c3ccc(O)c(F)c3)CC2)[C@H]1O. The lowest BCUT2D eigenvalue weighted by atomic mass is 9.73. The molecule has 0 unspecified atom stereocenters. The van der Waals surface area contributed by atoms with Gasteiger partial charge in [0, 0.05) is 31.9 Å². The highest BCUT2D eigenvalue weighted by molar-refractivity contribution is 5.94. The number of nitrogens with zero attached hydrogens (tertiary/aromatic N) is 1. The van der Waals surface area contributed by atoms with E-state index in [0.717, 1.165) is 12.1 Å². The fraction of sp³-hybridized carbons (Fsp3) is 0.619. The van der Waals surface area contributed by atoms with Crippen LogP contribution >= 0.6 is 0 Å². The molecule has 0 radical (unpaired) electrons. The molecule has 3 N–H and O–H groups in total. The Labute approximate surface area is 175 Å². The summed E-state index contributed by atoms with van der Waals surface area (Å²) in [5, 5.41) is 23.3. The highest BCUT2D eigenvalue weighted by atomic mass is 19.1. The van der Waals surface area contributed by atoms with E-state index in [2.05, 4.69) is 5.32 Å². The molecule has 2 heterocycles. The molecule has 2 saturated heterocycles. The van der Waals surface area contributed by atoms with E-state index in [0.29, 0.717) is 45.6 Å². The highest BCUT2D eigenvalue weighted by Crippen LogP contribution is 2.40. The van der Waals surface area contributed by atoms with Gasteiger partial charge in [-0.25, -0.2) is 4.39 Å². The van der Waals surface area contributed by atoms with E-state index in [-0.39, 0.29) is 24.0 Å². The minimum Gasteiger partial charge on any atom is -0.505 e. The number of nitrogens with one attached hydrogen (secondary N) is 1. The van der Waals surface area contributed by atoms with Crippen LogP contribution in [0.25, 0.3) is 0 Å². The van der Waals surface area contributed by atoms with Crippen LogP contribution in [0, 0.1) is 5.82 Å².